The van der Waals surface area contributed by atoms with Crippen LogP contribution in [-0.4, -0.2) is 9.13 Å². The van der Waals surface area contributed by atoms with Gasteiger partial charge in [-0.25, -0.2) is 24.2 Å². The summed E-state index contributed by atoms with van der Waals surface area (Å²) in [6, 6.07) is 58.3. The number of halogens is 3. The summed E-state index contributed by atoms with van der Waals surface area (Å²) in [5.74, 6) is 0. The van der Waals surface area contributed by atoms with E-state index in [1.165, 1.54) is 30.3 Å². The van der Waals surface area contributed by atoms with E-state index < -0.39 is 11.7 Å². The maximum atomic E-state index is 15.4. The van der Waals surface area contributed by atoms with E-state index in [4.69, 9.17) is 32.9 Å². The third-order valence-electron chi connectivity index (χ3n) is 15.0. The van der Waals surface area contributed by atoms with Crippen molar-refractivity contribution in [2.75, 3.05) is 0 Å². The van der Waals surface area contributed by atoms with Crippen molar-refractivity contribution >= 4 is 72.0 Å². The number of nitrogens with zero attached hydrogens (tertiary/aromatic N) is 11. The Morgan fingerprint density at radius 1 is 0.357 bits per heavy atom. The van der Waals surface area contributed by atoms with Crippen LogP contribution in [0.5, 0.6) is 0 Å². The van der Waals surface area contributed by atoms with Crippen molar-refractivity contribution in [3.05, 3.63) is 267 Å². The summed E-state index contributed by atoms with van der Waals surface area (Å²) in [4.78, 5) is 18.5. The van der Waals surface area contributed by atoms with E-state index in [0.29, 0.717) is 105 Å². The number of rotatable bonds is 7. The molecule has 0 atom stereocenters. The van der Waals surface area contributed by atoms with Crippen LogP contribution < -0.4 is 0 Å². The van der Waals surface area contributed by atoms with E-state index in [0.717, 1.165) is 12.1 Å². The Hall–Kier alpha value is -13.0. The molecule has 0 radical (unpaired) electrons. The van der Waals surface area contributed by atoms with Crippen LogP contribution in [0, 0.1) is 78.2 Å². The molecule has 0 saturated carbocycles. The number of benzene rings is 10. The molecule has 12 rings (SSSR count). The number of hydrogen-bond acceptors (Lipinski definition) is 4. The summed E-state index contributed by atoms with van der Waals surface area (Å²) in [6.07, 6.45) is -4.83. The summed E-state index contributed by atoms with van der Waals surface area (Å²) in [7, 11) is 0. The van der Waals surface area contributed by atoms with Crippen LogP contribution in [0.1, 0.15) is 27.8 Å². The molecule has 2 heterocycles. The van der Waals surface area contributed by atoms with E-state index in [1.807, 2.05) is 57.7 Å². The van der Waals surface area contributed by atoms with E-state index in [-0.39, 0.29) is 56.4 Å². The molecule has 0 saturated heterocycles. The molecule has 0 aliphatic heterocycles. The maximum Gasteiger partial charge on any atom is 0.416 e. The van der Waals surface area contributed by atoms with Gasteiger partial charge in [0.2, 0.25) is 5.69 Å². The molecule has 0 aliphatic rings. The highest BCUT2D eigenvalue weighted by molar-refractivity contribution is 6.15. The lowest BCUT2D eigenvalue weighted by Gasteiger charge is -2.21. The maximum absolute atomic E-state index is 15.4. The lowest BCUT2D eigenvalue weighted by atomic mass is 9.96. The zero-order valence-electron chi connectivity index (χ0n) is 43.4. The van der Waals surface area contributed by atoms with Crippen LogP contribution >= 0.6 is 0 Å². The molecule has 11 nitrogen and oxygen atoms in total. The fraction of sp³-hybridized carbons (Fsp3) is 0.0143. The van der Waals surface area contributed by atoms with Crippen molar-refractivity contribution in [3.63, 3.8) is 0 Å². The Morgan fingerprint density at radius 2 is 0.786 bits per heavy atom. The molecule has 0 fully saturated rings. The van der Waals surface area contributed by atoms with Crippen molar-refractivity contribution in [3.8, 4) is 91.3 Å². The van der Waals surface area contributed by atoms with E-state index in [1.54, 1.807) is 91.0 Å². The zero-order valence-corrected chi connectivity index (χ0v) is 43.4. The first-order chi connectivity index (χ1) is 40.8. The summed E-state index contributed by atoms with van der Waals surface area (Å²) in [6.45, 7) is 39.9. The van der Waals surface area contributed by atoms with Crippen LogP contribution in [0.25, 0.3) is 135 Å². The van der Waals surface area contributed by atoms with Crippen LogP contribution in [-0.2, 0) is 6.18 Å². The topological polar surface area (TPSA) is 127 Å². The second-order valence-electron chi connectivity index (χ2n) is 19.4. The Labute approximate surface area is 477 Å². The predicted octanol–water partition coefficient (Wildman–Crippen LogP) is 19.5. The van der Waals surface area contributed by atoms with Gasteiger partial charge >= 0.3 is 6.18 Å². The average Bonchev–Trinajstić information content (AvgIpc) is 3.95. The summed E-state index contributed by atoms with van der Waals surface area (Å²) in [5, 5.41) is 42.5. The van der Waals surface area contributed by atoms with Gasteiger partial charge in [-0.2, -0.15) is 34.2 Å². The fourth-order valence-electron chi connectivity index (χ4n) is 11.2. The number of para-hydroxylation sites is 1. The van der Waals surface area contributed by atoms with Crippen molar-refractivity contribution in [2.24, 2.45) is 0 Å². The molecule has 0 aliphatic carbocycles. The van der Waals surface area contributed by atoms with Crippen molar-refractivity contribution in [2.45, 2.75) is 6.18 Å². The summed E-state index contributed by atoms with van der Waals surface area (Å²) >= 11 is 0. The Balaban J connectivity index is 1.17. The molecule has 0 amide bonds. The number of fused-ring (bicyclic) bond motifs is 6. The zero-order chi connectivity index (χ0) is 58.6. The molecular weight excluding hydrogens is 1050 g/mol. The SMILES string of the molecule is [C-]#[N+]c1ccc(-c2ccc3c(c2)c2cc(-c4ccc(C#N)cc4[N+]#[C-])ccc2n3-c2ccc(C(F)(F)F)cc2-c2cccc([N+]#[C-])c2-n2c3ccc(-c4ccc([N+]#[C-])cc4C#N)cc3c3cc(-c4ccc(C#N)cc4[N+]#[C-])ccc32)c(C#N)c1. The molecule has 386 valence electrons. The highest BCUT2D eigenvalue weighted by Crippen LogP contribution is 2.48. The van der Waals surface area contributed by atoms with Gasteiger partial charge in [-0.3, -0.25) is 0 Å². The monoisotopic (exact) mass is 1080 g/mol. The summed E-state index contributed by atoms with van der Waals surface area (Å²) < 4.78 is 49.8. The minimum Gasteiger partial charge on any atom is -0.318 e. The highest BCUT2D eigenvalue weighted by atomic mass is 19.4. The minimum atomic E-state index is -4.83. The smallest absolute Gasteiger partial charge is 0.318 e. The third-order valence-corrected chi connectivity index (χ3v) is 15.0. The molecule has 84 heavy (non-hydrogen) atoms. The first-order valence-electron chi connectivity index (χ1n) is 25.4. The van der Waals surface area contributed by atoms with Gasteiger partial charge in [0.05, 0.1) is 96.1 Å². The van der Waals surface area contributed by atoms with E-state index >= 15 is 13.2 Å². The van der Waals surface area contributed by atoms with Gasteiger partial charge in [-0.05, 0) is 153 Å². The van der Waals surface area contributed by atoms with Gasteiger partial charge in [-0.15, -0.1) is 0 Å². The van der Waals surface area contributed by atoms with Crippen LogP contribution in [0.15, 0.2) is 182 Å². The predicted molar refractivity (Wildman–Crippen MR) is 317 cm³/mol. The van der Waals surface area contributed by atoms with Gasteiger partial charge in [-0.1, -0.05) is 78.9 Å². The average molecular weight is 1080 g/mol. The molecule has 0 unspecified atom stereocenters. The van der Waals surface area contributed by atoms with Gasteiger partial charge in [0.1, 0.15) is 0 Å². The lowest BCUT2D eigenvalue weighted by molar-refractivity contribution is -0.137. The molecule has 2 aromatic heterocycles. The Kier molecular flexibility index (Phi) is 12.5. The first-order valence-corrected chi connectivity index (χ1v) is 25.4. The van der Waals surface area contributed by atoms with Crippen LogP contribution in [0.3, 0.4) is 0 Å². The van der Waals surface area contributed by atoms with E-state index in [2.05, 4.69) is 48.5 Å². The normalized spacial score (nSPS) is 10.9. The molecule has 14 heteroatoms. The second kappa shape index (κ2) is 20.3. The Bertz CT molecular complexity index is 5060. The molecule has 0 spiro atoms. The second-order valence-corrected chi connectivity index (χ2v) is 19.4. The van der Waals surface area contributed by atoms with Crippen molar-refractivity contribution in [1.29, 1.82) is 21.0 Å². The molecule has 0 bridgehead atoms. The molecule has 10 aromatic carbocycles. The number of alkyl halides is 3. The highest BCUT2D eigenvalue weighted by Gasteiger charge is 2.33. The number of aromatic nitrogens is 2. The van der Waals surface area contributed by atoms with Gasteiger partial charge in [0.15, 0.2) is 22.7 Å². The lowest BCUT2D eigenvalue weighted by Crippen LogP contribution is -2.08. The van der Waals surface area contributed by atoms with Gasteiger partial charge in [0, 0.05) is 49.4 Å². The molecule has 12 aromatic rings. The summed E-state index contributed by atoms with van der Waals surface area (Å²) in [5.41, 5.74) is 8.98. The number of nitriles is 4. The van der Waals surface area contributed by atoms with Crippen LogP contribution in [0.2, 0.25) is 0 Å². The van der Waals surface area contributed by atoms with Crippen molar-refractivity contribution in [1.82, 2.24) is 9.13 Å². The first kappa shape index (κ1) is 51.7. The standard InChI is InChI=1S/C70H30F3N11/c1-78-49-16-20-51(46(29-49)38-76)42-11-22-64-56(31-42)57-33-44(53-18-9-40(36-74)27-62(53)81-4)13-23-65(57)83(64)66-26-15-48(70(71,72)73)35-60(66)55-7-6-8-61(80-3)69(55)84-67-24-12-43(52-21-17-50(79-2)30-47(52)39-77)32-58(67)59-34-45(14-25-68(59)84)54-19-10-41(37-75)28-63(54)82-5/h6-35H. The van der Waals surface area contributed by atoms with Crippen LogP contribution in [0.4, 0.5) is 41.6 Å². The fourth-order valence-corrected chi connectivity index (χ4v) is 11.2. The van der Waals surface area contributed by atoms with E-state index in [9.17, 15) is 21.0 Å². The minimum absolute atomic E-state index is 0.0961. The van der Waals surface area contributed by atoms with Gasteiger partial charge in [0.25, 0.3) is 0 Å². The quantitative estimate of drug-likeness (QED) is 0.147. The molecule has 0 N–H and O–H groups in total. The molecular formula is C70H30F3N11. The largest absolute Gasteiger partial charge is 0.416 e. The van der Waals surface area contributed by atoms with Crippen molar-refractivity contribution < 1.29 is 13.2 Å². The third kappa shape index (κ3) is 8.48. The van der Waals surface area contributed by atoms with Gasteiger partial charge < -0.3 is 9.13 Å². The Morgan fingerprint density at radius 3 is 1.19 bits per heavy atom. The number of hydrogen-bond donors (Lipinski definition) is 0.